The van der Waals surface area contributed by atoms with E-state index in [2.05, 4.69) is 61.9 Å². The van der Waals surface area contributed by atoms with Gasteiger partial charge in [-0.3, -0.25) is 14.2 Å². The number of nitrogens with zero attached hydrogens (tertiary/aromatic N) is 9. The summed E-state index contributed by atoms with van der Waals surface area (Å²) in [6.45, 7) is 0. The number of aromatic nitrogens is 9. The fourth-order valence-electron chi connectivity index (χ4n) is 5.36. The van der Waals surface area contributed by atoms with Crippen molar-refractivity contribution >= 4 is 62.8 Å². The van der Waals surface area contributed by atoms with Crippen LogP contribution >= 0.6 is 39.5 Å². The van der Waals surface area contributed by atoms with Crippen molar-refractivity contribution in [2.45, 2.75) is 47.3 Å². The zero-order chi connectivity index (χ0) is 38.6. The molecule has 1 aliphatic rings. The lowest BCUT2D eigenvalue weighted by Crippen LogP contribution is -2.28. The maximum absolute atomic E-state index is 14.8. The highest BCUT2D eigenvalue weighted by Crippen LogP contribution is 2.59. The van der Waals surface area contributed by atoms with Gasteiger partial charge in [-0.05, 0) is 58.5 Å². The molecule has 0 saturated heterocycles. The molecular formula is C34H32BrF4N11O2S2. The number of benzene rings is 1. The number of rotatable bonds is 11. The summed E-state index contributed by atoms with van der Waals surface area (Å²) >= 11 is 6.41. The molecule has 0 radical (unpaired) electrons. The molecule has 0 unspecified atom stereocenters. The number of thioether (sulfide) groups is 2. The largest absolute Gasteiger partial charge is 0.401 e. The van der Waals surface area contributed by atoms with Crippen LogP contribution in [0.3, 0.4) is 0 Å². The van der Waals surface area contributed by atoms with Crippen LogP contribution in [0.1, 0.15) is 35.6 Å². The number of nitrogens with one attached hydrogen (secondary N) is 2. The van der Waals surface area contributed by atoms with E-state index in [9.17, 15) is 22.4 Å². The van der Waals surface area contributed by atoms with Crippen molar-refractivity contribution in [3.63, 3.8) is 0 Å². The molecule has 282 valence electrons. The van der Waals surface area contributed by atoms with Crippen molar-refractivity contribution in [1.82, 2.24) is 44.7 Å². The molecule has 1 aromatic carbocycles. The van der Waals surface area contributed by atoms with E-state index < -0.39 is 23.3 Å². The minimum Gasteiger partial charge on any atom is -0.358 e. The van der Waals surface area contributed by atoms with Crippen LogP contribution < -0.4 is 10.6 Å². The molecule has 1 aliphatic carbocycles. The first kappa shape index (κ1) is 38.9. The smallest absolute Gasteiger partial charge is 0.358 e. The minimum atomic E-state index is -4.46. The highest BCUT2D eigenvalue weighted by molar-refractivity contribution is 9.10. The van der Waals surface area contributed by atoms with Gasteiger partial charge >= 0.3 is 6.18 Å². The van der Waals surface area contributed by atoms with Crippen LogP contribution in [0, 0.1) is 5.82 Å². The zero-order valence-electron chi connectivity index (χ0n) is 29.1. The first-order valence-electron chi connectivity index (χ1n) is 16.1. The third-order valence-electron chi connectivity index (χ3n) is 8.25. The normalized spacial score (nSPS) is 13.3. The quantitative estimate of drug-likeness (QED) is 0.0979. The van der Waals surface area contributed by atoms with Gasteiger partial charge in [0, 0.05) is 74.9 Å². The molecule has 1 saturated carbocycles. The van der Waals surface area contributed by atoms with Gasteiger partial charge in [0.1, 0.15) is 27.1 Å². The molecule has 2 N–H and O–H groups in total. The minimum absolute atomic E-state index is 0.0894. The van der Waals surface area contributed by atoms with Crippen molar-refractivity contribution in [2.75, 3.05) is 23.1 Å². The van der Waals surface area contributed by atoms with E-state index in [0.29, 0.717) is 29.3 Å². The number of aryl methyl sites for hydroxylation is 2. The molecule has 0 atom stereocenters. The van der Waals surface area contributed by atoms with Gasteiger partial charge in [0.2, 0.25) is 11.9 Å². The average molecular weight is 847 g/mol. The lowest BCUT2D eigenvalue weighted by Gasteiger charge is -2.14. The van der Waals surface area contributed by atoms with Crippen molar-refractivity contribution in [2.24, 2.45) is 14.1 Å². The molecule has 54 heavy (non-hydrogen) atoms. The fraction of sp³-hybridized carbons (Fsp3) is 0.294. The Balaban J connectivity index is 0.000000259. The molecule has 5 aromatic heterocycles. The third kappa shape index (κ3) is 9.09. The molecule has 6 aromatic rings. The average Bonchev–Trinajstić information content (AvgIpc) is 3.53. The number of halogens is 5. The van der Waals surface area contributed by atoms with Crippen molar-refractivity contribution in [1.29, 1.82) is 0 Å². The summed E-state index contributed by atoms with van der Waals surface area (Å²) in [5.74, 6) is -0.575. The van der Waals surface area contributed by atoms with Crippen LogP contribution in [0.4, 0.5) is 35.0 Å². The van der Waals surface area contributed by atoms with Crippen LogP contribution in [0.15, 0.2) is 80.5 Å². The number of anilines is 3. The first-order chi connectivity index (χ1) is 25.8. The Labute approximate surface area is 323 Å². The van der Waals surface area contributed by atoms with Gasteiger partial charge in [-0.25, -0.2) is 24.3 Å². The second-order valence-electron chi connectivity index (χ2n) is 12.2. The number of carbonyl (C=O) groups excluding carboxylic acids is 1. The van der Waals surface area contributed by atoms with Crippen LogP contribution in [-0.4, -0.2) is 69.2 Å². The highest BCUT2D eigenvalue weighted by Gasteiger charge is 2.67. The van der Waals surface area contributed by atoms with Gasteiger partial charge in [-0.1, -0.05) is 17.3 Å². The Kier molecular flexibility index (Phi) is 11.7. The Morgan fingerprint density at radius 2 is 1.59 bits per heavy atom. The van der Waals surface area contributed by atoms with E-state index in [0.717, 1.165) is 31.8 Å². The molecular weight excluding hydrogens is 814 g/mol. The molecule has 0 spiro atoms. The van der Waals surface area contributed by atoms with E-state index >= 15 is 0 Å². The van der Waals surface area contributed by atoms with Crippen molar-refractivity contribution in [3.8, 4) is 11.1 Å². The van der Waals surface area contributed by atoms with Gasteiger partial charge in [0.05, 0.1) is 16.6 Å². The predicted molar refractivity (Wildman–Crippen MR) is 199 cm³/mol. The van der Waals surface area contributed by atoms with Gasteiger partial charge in [0.15, 0.2) is 11.6 Å². The second kappa shape index (κ2) is 16.3. The zero-order valence-corrected chi connectivity index (χ0v) is 32.4. The summed E-state index contributed by atoms with van der Waals surface area (Å²) in [5.41, 5.74) is 1.14. The summed E-state index contributed by atoms with van der Waals surface area (Å²) in [4.78, 5) is 29.5. The van der Waals surface area contributed by atoms with Gasteiger partial charge in [-0.15, -0.1) is 23.5 Å². The maximum Gasteiger partial charge on any atom is 0.401 e. The number of hydrogen-bond donors (Lipinski definition) is 2. The Bertz CT molecular complexity index is 2240. The topological polar surface area (TPSA) is 154 Å². The SMILES string of the molecule is CSc1nn(C)cc1Cc1ncc(-c2ccc(CC(=O)Nc3cc(C4(C(F)(F)F)CC4)on3)c(F)c2)cn1.CSc1nn(C)cc1Nc1ncc(Br)cn1. The Hall–Kier alpha value is -4.82. The van der Waals surface area contributed by atoms with E-state index in [4.69, 9.17) is 4.52 Å². The molecule has 0 bridgehead atoms. The maximum atomic E-state index is 14.8. The summed E-state index contributed by atoms with van der Waals surface area (Å²) in [6.07, 6.45) is 9.89. The van der Waals surface area contributed by atoms with Crippen LogP contribution in [0.5, 0.6) is 0 Å². The van der Waals surface area contributed by atoms with Gasteiger partial charge in [0.25, 0.3) is 0 Å². The molecule has 0 aliphatic heterocycles. The van der Waals surface area contributed by atoms with Gasteiger partial charge in [-0.2, -0.15) is 23.4 Å². The van der Waals surface area contributed by atoms with E-state index in [1.54, 1.807) is 63.7 Å². The molecule has 7 rings (SSSR count). The molecule has 20 heteroatoms. The summed E-state index contributed by atoms with van der Waals surface area (Å²) in [5, 5.41) is 19.5. The summed E-state index contributed by atoms with van der Waals surface area (Å²) in [6, 6.07) is 5.46. The monoisotopic (exact) mass is 845 g/mol. The Morgan fingerprint density at radius 1 is 0.926 bits per heavy atom. The summed E-state index contributed by atoms with van der Waals surface area (Å²) < 4.78 is 63.7. The van der Waals surface area contributed by atoms with Crippen LogP contribution in [-0.2, 0) is 37.1 Å². The Morgan fingerprint density at radius 3 is 2.22 bits per heavy atom. The standard InChI is InChI=1S/C25H22F4N6O2S.C9H10BrN5S/c1-35-13-16(23(33-35)38-2)8-20-30-11-17(12-31-20)14-3-4-15(18(26)7-14)9-22(36)32-21-10-19(37-34-21)24(5-6-24)25(27,28)29;1-15-5-7(8(14-15)16-2)13-9-11-3-6(10)4-12-9/h3-4,7,10-13H,5-6,8-9H2,1-2H3,(H,32,34,36);3-5H,1-2H3,(H,11,12,13). The predicted octanol–water partition coefficient (Wildman–Crippen LogP) is 7.53. The van der Waals surface area contributed by atoms with E-state index in [-0.39, 0.29) is 36.4 Å². The molecule has 1 amide bonds. The lowest BCUT2D eigenvalue weighted by molar-refractivity contribution is -0.165. The van der Waals surface area contributed by atoms with Crippen LogP contribution in [0.2, 0.25) is 0 Å². The number of carbonyl (C=O) groups is 1. The van der Waals surface area contributed by atoms with Crippen molar-refractivity contribution < 1.29 is 26.9 Å². The molecule has 1 fully saturated rings. The third-order valence-corrected chi connectivity index (χ3v) is 10.1. The highest BCUT2D eigenvalue weighted by atomic mass is 79.9. The van der Waals surface area contributed by atoms with E-state index in [1.165, 1.54) is 12.1 Å². The summed E-state index contributed by atoms with van der Waals surface area (Å²) in [7, 11) is 3.73. The fourth-order valence-corrected chi connectivity index (χ4v) is 6.70. The second-order valence-corrected chi connectivity index (χ2v) is 14.7. The number of alkyl halides is 3. The van der Waals surface area contributed by atoms with E-state index in [1.807, 2.05) is 39.0 Å². The number of hydrogen-bond acceptors (Lipinski definition) is 12. The number of amides is 1. The van der Waals surface area contributed by atoms with Crippen molar-refractivity contribution in [3.05, 3.63) is 94.4 Å². The first-order valence-corrected chi connectivity index (χ1v) is 19.3. The molecule has 5 heterocycles. The van der Waals surface area contributed by atoms with Gasteiger partial charge < -0.3 is 15.2 Å². The molecule has 13 nitrogen and oxygen atoms in total. The van der Waals surface area contributed by atoms with Crippen LogP contribution in [0.25, 0.3) is 11.1 Å². The lowest BCUT2D eigenvalue weighted by atomic mass is 10.0.